The predicted molar refractivity (Wildman–Crippen MR) is 223 cm³/mol. The number of fused-ring (bicyclic) bond motifs is 2. The van der Waals surface area contributed by atoms with Crippen molar-refractivity contribution in [2.75, 3.05) is 4.90 Å². The van der Waals surface area contributed by atoms with E-state index in [0.29, 0.717) is 22.6 Å². The zero-order valence-corrected chi connectivity index (χ0v) is 34.5. The number of nitrogens with zero attached hydrogens (tertiary/aromatic N) is 3. The number of phenolic OH excluding ortho intramolecular Hbond substituents is 1. The minimum Gasteiger partial charge on any atom is -0.507 e. The molecule has 0 atom stereocenters. The second-order valence-electron chi connectivity index (χ2n) is 16.1. The molecule has 8 aromatic rings. The predicted octanol–water partition coefficient (Wildman–Crippen LogP) is 13.3. The minimum atomic E-state index is -0.129. The smallest absolute Gasteiger partial charge is 0.230 e. The van der Waals surface area contributed by atoms with Crippen LogP contribution in [0.15, 0.2) is 138 Å². The van der Waals surface area contributed by atoms with Crippen LogP contribution in [-0.4, -0.2) is 15.1 Å². The van der Waals surface area contributed by atoms with Crippen molar-refractivity contribution >= 4 is 39.1 Å². The van der Waals surface area contributed by atoms with Crippen molar-refractivity contribution in [3.05, 3.63) is 156 Å². The second kappa shape index (κ2) is 14.6. The standard InChI is InChI=1S/C49H44N3O2.Pt/c1-31-23-24-50-45-39(31)27-35(49(5,6)7)28-40(45)32-15-14-16-33(25-32)41-29-38(52(36-17-10-8-11-18-36)37-19-12-9-13-20-37)30-44-46(41)51-47(54-44)42-26-34(48(2,3)4)21-22-43(42)53;/h8-24,26-30,53H,1-7H3;/q-1;. The fourth-order valence-electron chi connectivity index (χ4n) is 7.05. The number of hydrogen-bond donors (Lipinski definition) is 1. The molecule has 0 amide bonds. The van der Waals surface area contributed by atoms with Gasteiger partial charge in [0.25, 0.3) is 0 Å². The van der Waals surface area contributed by atoms with Crippen LogP contribution in [0, 0.1) is 13.0 Å². The van der Waals surface area contributed by atoms with E-state index in [1.807, 2.05) is 60.8 Å². The molecule has 5 nitrogen and oxygen atoms in total. The summed E-state index contributed by atoms with van der Waals surface area (Å²) < 4.78 is 6.64. The Bertz CT molecular complexity index is 2610. The van der Waals surface area contributed by atoms with Crippen molar-refractivity contribution < 1.29 is 30.6 Å². The van der Waals surface area contributed by atoms with Crippen LogP contribution in [0.2, 0.25) is 0 Å². The molecule has 0 spiro atoms. The number of rotatable bonds is 6. The van der Waals surface area contributed by atoms with Gasteiger partial charge < -0.3 is 14.4 Å². The van der Waals surface area contributed by atoms with Crippen LogP contribution in [0.25, 0.3) is 55.7 Å². The van der Waals surface area contributed by atoms with Gasteiger partial charge in [0.15, 0.2) is 0 Å². The van der Waals surface area contributed by atoms with E-state index in [1.165, 1.54) is 11.1 Å². The maximum atomic E-state index is 11.1. The molecule has 1 N–H and O–H groups in total. The number of para-hydroxylation sites is 2. The van der Waals surface area contributed by atoms with Gasteiger partial charge in [-0.1, -0.05) is 113 Å². The number of aryl methyl sites for hydroxylation is 1. The molecule has 2 heterocycles. The zero-order chi connectivity index (χ0) is 37.8. The summed E-state index contributed by atoms with van der Waals surface area (Å²) in [5.41, 5.74) is 12.7. The summed E-state index contributed by atoms with van der Waals surface area (Å²) in [5.74, 6) is 0.478. The fraction of sp³-hybridized carbons (Fsp3) is 0.184. The van der Waals surface area contributed by atoms with Crippen LogP contribution >= 0.6 is 0 Å². The third-order valence-corrected chi connectivity index (χ3v) is 10.2. The summed E-state index contributed by atoms with van der Waals surface area (Å²) in [6, 6.07) is 47.2. The molecule has 0 fully saturated rings. The maximum absolute atomic E-state index is 11.1. The summed E-state index contributed by atoms with van der Waals surface area (Å²) in [6.07, 6.45) is 1.89. The SMILES string of the molecule is Cc1ccnc2c(-c3[c-]c(-c4cc(N(c5ccccc5)c5ccccc5)cc5oc(-c6cc(C(C)(C)C)ccc6O)nc45)ccc3)cc(C(C)(C)C)cc12.[Pt]. The van der Waals surface area contributed by atoms with E-state index in [9.17, 15) is 5.11 Å². The number of oxazole rings is 1. The Balaban J connectivity index is 0.00000465. The summed E-state index contributed by atoms with van der Waals surface area (Å²) in [7, 11) is 0. The van der Waals surface area contributed by atoms with Crippen LogP contribution in [0.5, 0.6) is 5.75 Å². The van der Waals surface area contributed by atoms with Crippen LogP contribution in [-0.2, 0) is 31.9 Å². The molecule has 0 saturated heterocycles. The maximum Gasteiger partial charge on any atom is 0.230 e. The number of hydrogen-bond acceptors (Lipinski definition) is 5. The molecule has 55 heavy (non-hydrogen) atoms. The van der Waals surface area contributed by atoms with E-state index in [2.05, 4.69) is 126 Å². The first-order valence-electron chi connectivity index (χ1n) is 18.5. The summed E-state index contributed by atoms with van der Waals surface area (Å²) in [4.78, 5) is 12.2. The first kappa shape index (κ1) is 37.8. The van der Waals surface area contributed by atoms with Crippen molar-refractivity contribution in [2.24, 2.45) is 0 Å². The first-order chi connectivity index (χ1) is 25.8. The van der Waals surface area contributed by atoms with Crippen LogP contribution < -0.4 is 4.90 Å². The number of benzene rings is 6. The van der Waals surface area contributed by atoms with Crippen LogP contribution in [0.3, 0.4) is 0 Å². The van der Waals surface area contributed by atoms with Gasteiger partial charge in [0.2, 0.25) is 5.89 Å². The van der Waals surface area contributed by atoms with Gasteiger partial charge >= 0.3 is 0 Å². The normalized spacial score (nSPS) is 11.8. The molecule has 6 heteroatoms. The first-order valence-corrected chi connectivity index (χ1v) is 18.5. The Morgan fingerprint density at radius 1 is 0.600 bits per heavy atom. The van der Waals surface area contributed by atoms with Crippen molar-refractivity contribution in [1.82, 2.24) is 9.97 Å². The van der Waals surface area contributed by atoms with E-state index in [0.717, 1.165) is 55.8 Å². The van der Waals surface area contributed by atoms with Crippen molar-refractivity contribution in [1.29, 1.82) is 0 Å². The Kier molecular flexibility index (Phi) is 10.0. The summed E-state index contributed by atoms with van der Waals surface area (Å²) in [5, 5.41) is 12.3. The van der Waals surface area contributed by atoms with Gasteiger partial charge in [0.05, 0.1) is 11.1 Å². The molecule has 0 saturated carbocycles. The van der Waals surface area contributed by atoms with Gasteiger partial charge in [0, 0.05) is 55.9 Å². The molecule has 0 radical (unpaired) electrons. The third kappa shape index (κ3) is 7.34. The molecule has 0 unspecified atom stereocenters. The summed E-state index contributed by atoms with van der Waals surface area (Å²) in [6.45, 7) is 15.3. The van der Waals surface area contributed by atoms with Gasteiger partial charge in [-0.2, -0.15) is 0 Å². The van der Waals surface area contributed by atoms with Crippen molar-refractivity contribution in [2.45, 2.75) is 59.3 Å². The van der Waals surface area contributed by atoms with E-state index in [-0.39, 0.29) is 37.6 Å². The Morgan fingerprint density at radius 2 is 1.20 bits per heavy atom. The molecule has 6 aromatic carbocycles. The second-order valence-corrected chi connectivity index (χ2v) is 16.1. The molecular formula is C49H44N3O2Pt-. The number of phenols is 1. The molecule has 278 valence electrons. The molecule has 8 rings (SSSR count). The van der Waals surface area contributed by atoms with Gasteiger partial charge in [0.1, 0.15) is 11.3 Å². The quantitative estimate of drug-likeness (QED) is 0.168. The van der Waals surface area contributed by atoms with Gasteiger partial charge in [-0.15, -0.1) is 35.4 Å². The molecule has 0 aliphatic carbocycles. The fourth-order valence-corrected chi connectivity index (χ4v) is 7.05. The Hall–Kier alpha value is -5.51. The third-order valence-electron chi connectivity index (χ3n) is 10.2. The van der Waals surface area contributed by atoms with E-state index in [1.54, 1.807) is 6.07 Å². The monoisotopic (exact) mass is 901 g/mol. The minimum absolute atomic E-state index is 0. The number of anilines is 3. The zero-order valence-electron chi connectivity index (χ0n) is 32.2. The average Bonchev–Trinajstić information content (AvgIpc) is 3.59. The van der Waals surface area contributed by atoms with Crippen LogP contribution in [0.4, 0.5) is 17.1 Å². The van der Waals surface area contributed by atoms with Gasteiger partial charge in [-0.3, -0.25) is 4.98 Å². The Labute approximate surface area is 338 Å². The van der Waals surface area contributed by atoms with Gasteiger partial charge in [-0.05, 0) is 82.3 Å². The number of aromatic hydroxyl groups is 1. The summed E-state index contributed by atoms with van der Waals surface area (Å²) >= 11 is 0. The topological polar surface area (TPSA) is 62.4 Å². The van der Waals surface area contributed by atoms with E-state index in [4.69, 9.17) is 14.4 Å². The molecular weight excluding hydrogens is 858 g/mol. The van der Waals surface area contributed by atoms with E-state index >= 15 is 0 Å². The van der Waals surface area contributed by atoms with Crippen LogP contribution in [0.1, 0.15) is 58.2 Å². The average molecular weight is 902 g/mol. The molecule has 0 aliphatic heterocycles. The molecule has 0 aliphatic rings. The number of pyridine rings is 1. The Morgan fingerprint density at radius 3 is 1.82 bits per heavy atom. The molecule has 2 aromatic heterocycles. The van der Waals surface area contributed by atoms with E-state index < -0.39 is 0 Å². The number of aromatic nitrogens is 2. The molecule has 0 bridgehead atoms. The van der Waals surface area contributed by atoms with Crippen molar-refractivity contribution in [3.63, 3.8) is 0 Å². The largest absolute Gasteiger partial charge is 0.507 e. The van der Waals surface area contributed by atoms with Gasteiger partial charge in [-0.25, -0.2) is 4.98 Å². The van der Waals surface area contributed by atoms with Crippen molar-refractivity contribution in [3.8, 4) is 39.5 Å².